The molecule has 14 heteroatoms. The number of carboxylic acids is 1. The predicted octanol–water partition coefficient (Wildman–Crippen LogP) is 1.85. The van der Waals surface area contributed by atoms with Crippen LogP contribution in [0.15, 0.2) is 36.7 Å². The van der Waals surface area contributed by atoms with Gasteiger partial charge < -0.3 is 29.7 Å². The number of nitrogens with one attached hydrogen (secondary N) is 1. The zero-order valence-corrected chi connectivity index (χ0v) is 22.3. The minimum absolute atomic E-state index is 0.0270. The Bertz CT molecular complexity index is 1310. The van der Waals surface area contributed by atoms with Crippen LogP contribution in [-0.2, 0) is 16.1 Å². The summed E-state index contributed by atoms with van der Waals surface area (Å²) in [5.74, 6) is 1.58. The number of carbonyl (C=O) groups is 2. The normalized spacial score (nSPS) is 17.9. The molecule has 4 heterocycles. The topological polar surface area (TPSA) is 161 Å². The van der Waals surface area contributed by atoms with E-state index < -0.39 is 5.97 Å². The number of carbonyl (C=O) groups excluding carboxylic acids is 1. The van der Waals surface area contributed by atoms with Gasteiger partial charge in [-0.2, -0.15) is 4.80 Å². The van der Waals surface area contributed by atoms with Crippen molar-refractivity contribution in [2.24, 2.45) is 5.92 Å². The van der Waals surface area contributed by atoms with Gasteiger partial charge in [-0.15, -0.1) is 5.10 Å². The Kier molecular flexibility index (Phi) is 8.52. The minimum atomic E-state index is -1.04. The number of rotatable bonds is 10. The SMILES string of the molecule is CCOc1ccccc1OC1CCCN(c2cncc(NC(=O)C3CCN(c4nnn(CC(=O)O)n4)CC3)n2)C1. The number of benzene rings is 1. The number of piperidine rings is 2. The summed E-state index contributed by atoms with van der Waals surface area (Å²) >= 11 is 0. The van der Waals surface area contributed by atoms with E-state index in [1.165, 1.54) is 0 Å². The van der Waals surface area contributed by atoms with Crippen molar-refractivity contribution in [2.75, 3.05) is 47.9 Å². The molecule has 0 bridgehead atoms. The maximum Gasteiger partial charge on any atom is 0.327 e. The van der Waals surface area contributed by atoms with E-state index in [2.05, 4.69) is 35.6 Å². The number of carboxylic acid groups (broad SMARTS) is 1. The van der Waals surface area contributed by atoms with E-state index in [9.17, 15) is 9.59 Å². The Balaban J connectivity index is 1.14. The molecule has 3 aromatic rings. The molecule has 1 amide bonds. The number of nitrogens with zero attached hydrogens (tertiary/aromatic N) is 8. The Labute approximate surface area is 231 Å². The van der Waals surface area contributed by atoms with Crippen LogP contribution in [0.3, 0.4) is 0 Å². The molecule has 0 saturated carbocycles. The van der Waals surface area contributed by atoms with E-state index >= 15 is 0 Å². The highest BCUT2D eigenvalue weighted by molar-refractivity contribution is 5.91. The van der Waals surface area contributed by atoms with Crippen LogP contribution in [0, 0.1) is 5.92 Å². The van der Waals surface area contributed by atoms with Gasteiger partial charge in [0, 0.05) is 25.6 Å². The number of hydrogen-bond donors (Lipinski definition) is 2. The molecule has 0 spiro atoms. The van der Waals surface area contributed by atoms with Gasteiger partial charge in [0.2, 0.25) is 5.91 Å². The molecule has 0 radical (unpaired) electrons. The fourth-order valence-corrected chi connectivity index (χ4v) is 4.93. The second-order valence-electron chi connectivity index (χ2n) is 9.73. The summed E-state index contributed by atoms with van der Waals surface area (Å²) in [6.07, 6.45) is 6.29. The largest absolute Gasteiger partial charge is 0.490 e. The van der Waals surface area contributed by atoms with Crippen molar-refractivity contribution in [3.05, 3.63) is 36.7 Å². The van der Waals surface area contributed by atoms with Crippen LogP contribution in [0.1, 0.15) is 32.6 Å². The van der Waals surface area contributed by atoms with E-state index in [-0.39, 0.29) is 24.5 Å². The molecule has 212 valence electrons. The first-order valence-corrected chi connectivity index (χ1v) is 13.5. The van der Waals surface area contributed by atoms with Crippen LogP contribution in [-0.4, -0.2) is 86.0 Å². The first-order chi connectivity index (χ1) is 19.5. The minimum Gasteiger partial charge on any atom is -0.490 e. The smallest absolute Gasteiger partial charge is 0.327 e. The van der Waals surface area contributed by atoms with Gasteiger partial charge in [0.05, 0.1) is 25.5 Å². The van der Waals surface area contributed by atoms with Crippen molar-refractivity contribution < 1.29 is 24.2 Å². The summed E-state index contributed by atoms with van der Waals surface area (Å²) in [6, 6.07) is 7.69. The third kappa shape index (κ3) is 6.74. The average Bonchev–Trinajstić information content (AvgIpc) is 3.42. The van der Waals surface area contributed by atoms with Gasteiger partial charge in [0.15, 0.2) is 23.9 Å². The Morgan fingerprint density at radius 3 is 2.65 bits per heavy atom. The fourth-order valence-electron chi connectivity index (χ4n) is 4.93. The Morgan fingerprint density at radius 2 is 1.88 bits per heavy atom. The summed E-state index contributed by atoms with van der Waals surface area (Å²) in [5, 5.41) is 23.6. The van der Waals surface area contributed by atoms with E-state index in [4.69, 9.17) is 14.6 Å². The third-order valence-corrected chi connectivity index (χ3v) is 6.89. The molecule has 0 aliphatic carbocycles. The van der Waals surface area contributed by atoms with Crippen LogP contribution in [0.2, 0.25) is 0 Å². The summed E-state index contributed by atoms with van der Waals surface area (Å²) in [7, 11) is 0. The predicted molar refractivity (Wildman–Crippen MR) is 145 cm³/mol. The molecule has 2 aliphatic heterocycles. The van der Waals surface area contributed by atoms with Crippen molar-refractivity contribution in [3.63, 3.8) is 0 Å². The monoisotopic (exact) mass is 551 g/mol. The van der Waals surface area contributed by atoms with Gasteiger partial charge in [-0.25, -0.2) is 4.98 Å². The second-order valence-corrected chi connectivity index (χ2v) is 9.73. The van der Waals surface area contributed by atoms with Gasteiger partial charge in [-0.05, 0) is 50.0 Å². The van der Waals surface area contributed by atoms with E-state index in [1.54, 1.807) is 12.4 Å². The van der Waals surface area contributed by atoms with E-state index in [0.717, 1.165) is 35.7 Å². The lowest BCUT2D eigenvalue weighted by Gasteiger charge is -2.34. The molecule has 2 N–H and O–H groups in total. The molecule has 2 aliphatic rings. The molecule has 1 aromatic carbocycles. The van der Waals surface area contributed by atoms with Crippen molar-refractivity contribution in [1.29, 1.82) is 0 Å². The van der Waals surface area contributed by atoms with Gasteiger partial charge in [-0.1, -0.05) is 17.2 Å². The van der Waals surface area contributed by atoms with Crippen molar-refractivity contribution >= 4 is 29.5 Å². The maximum absolute atomic E-state index is 13.0. The first kappa shape index (κ1) is 27.1. The summed E-state index contributed by atoms with van der Waals surface area (Å²) in [6.45, 7) is 4.76. The molecule has 2 saturated heterocycles. The highest BCUT2D eigenvalue weighted by atomic mass is 16.5. The van der Waals surface area contributed by atoms with Crippen LogP contribution in [0.5, 0.6) is 11.5 Å². The average molecular weight is 552 g/mol. The van der Waals surface area contributed by atoms with Gasteiger partial charge in [0.1, 0.15) is 11.9 Å². The Hall–Kier alpha value is -4.49. The Morgan fingerprint density at radius 1 is 1.07 bits per heavy atom. The number of aliphatic carboxylic acids is 1. The highest BCUT2D eigenvalue weighted by Gasteiger charge is 2.28. The second kappa shape index (κ2) is 12.6. The molecule has 2 aromatic heterocycles. The summed E-state index contributed by atoms with van der Waals surface area (Å²) in [4.78, 5) is 37.9. The fraction of sp³-hybridized carbons (Fsp3) is 0.500. The number of aromatic nitrogens is 6. The zero-order chi connectivity index (χ0) is 27.9. The lowest BCUT2D eigenvalue weighted by molar-refractivity contribution is -0.138. The zero-order valence-electron chi connectivity index (χ0n) is 22.3. The highest BCUT2D eigenvalue weighted by Crippen LogP contribution is 2.30. The van der Waals surface area contributed by atoms with Crippen molar-refractivity contribution in [1.82, 2.24) is 30.2 Å². The number of tetrazole rings is 1. The van der Waals surface area contributed by atoms with Crippen LogP contribution < -0.4 is 24.6 Å². The molecule has 1 atom stereocenters. The number of hydrogen-bond acceptors (Lipinski definition) is 11. The number of amides is 1. The molecule has 1 unspecified atom stereocenters. The third-order valence-electron chi connectivity index (χ3n) is 6.89. The summed E-state index contributed by atoms with van der Waals surface area (Å²) < 4.78 is 12.0. The standard InChI is InChI=1S/C26H33N9O5/c1-2-39-20-7-3-4-8-21(20)40-19-6-5-11-34(16-19)23-15-27-14-22(28-23)29-25(38)18-9-12-33(13-10-18)26-30-32-35(31-26)17-24(36)37/h3-4,7-8,14-15,18-19H,2,5-6,9-13,16-17H2,1H3,(H,36,37)(H,28,29,38). The maximum atomic E-state index is 13.0. The lowest BCUT2D eigenvalue weighted by Crippen LogP contribution is -2.42. The van der Waals surface area contributed by atoms with E-state index in [1.807, 2.05) is 36.1 Å². The van der Waals surface area contributed by atoms with Gasteiger partial charge in [0.25, 0.3) is 5.95 Å². The van der Waals surface area contributed by atoms with Gasteiger partial charge >= 0.3 is 5.97 Å². The molecule has 14 nitrogen and oxygen atoms in total. The van der Waals surface area contributed by atoms with Gasteiger partial charge in [-0.3, -0.25) is 14.6 Å². The van der Waals surface area contributed by atoms with Crippen LogP contribution in [0.4, 0.5) is 17.6 Å². The number of anilines is 3. The molecular weight excluding hydrogens is 518 g/mol. The van der Waals surface area contributed by atoms with Crippen molar-refractivity contribution in [3.8, 4) is 11.5 Å². The molecule has 5 rings (SSSR count). The van der Waals surface area contributed by atoms with Crippen LogP contribution >= 0.6 is 0 Å². The van der Waals surface area contributed by atoms with E-state index in [0.29, 0.717) is 56.7 Å². The lowest BCUT2D eigenvalue weighted by atomic mass is 9.96. The van der Waals surface area contributed by atoms with Crippen molar-refractivity contribution in [2.45, 2.75) is 45.3 Å². The molecule has 2 fully saturated rings. The first-order valence-electron chi connectivity index (χ1n) is 13.5. The quantitative estimate of drug-likeness (QED) is 0.377. The molecule has 40 heavy (non-hydrogen) atoms. The number of ether oxygens (including phenoxy) is 2. The number of para-hydroxylation sites is 2. The molecular formula is C26H33N9O5. The summed E-state index contributed by atoms with van der Waals surface area (Å²) in [5.41, 5.74) is 0. The van der Waals surface area contributed by atoms with Crippen LogP contribution in [0.25, 0.3) is 0 Å².